The van der Waals surface area contributed by atoms with Crippen molar-refractivity contribution in [2.45, 2.75) is 6.61 Å². The van der Waals surface area contributed by atoms with Crippen molar-refractivity contribution in [2.24, 2.45) is 0 Å². The summed E-state index contributed by atoms with van der Waals surface area (Å²) in [5.41, 5.74) is 1.83. The van der Waals surface area contributed by atoms with Gasteiger partial charge in [0.2, 0.25) is 0 Å². The Hall–Kier alpha value is -3.10. The van der Waals surface area contributed by atoms with Gasteiger partial charge in [-0.2, -0.15) is 0 Å². The number of carbonyl (C=O) groups is 1. The van der Waals surface area contributed by atoms with Gasteiger partial charge < -0.3 is 19.0 Å². The fourth-order valence-electron chi connectivity index (χ4n) is 3.76. The number of piperazine rings is 1. The number of nitro groups is 1. The lowest BCUT2D eigenvalue weighted by Gasteiger charge is -2.35. The lowest BCUT2D eigenvalue weighted by molar-refractivity contribution is -0.384. The van der Waals surface area contributed by atoms with Gasteiger partial charge in [-0.25, -0.2) is 0 Å². The second-order valence-electron chi connectivity index (χ2n) is 7.01. The normalized spacial score (nSPS) is 14.3. The lowest BCUT2D eigenvalue weighted by Crippen LogP contribution is -2.49. The molecule has 156 valence electrons. The molecule has 1 aliphatic rings. The zero-order valence-electron chi connectivity index (χ0n) is 16.3. The number of nitrogens with zero attached hydrogens (tertiary/aromatic N) is 3. The minimum atomic E-state index is -0.440. The number of fused-ring (bicyclic) bond motifs is 1. The Kier molecular flexibility index (Phi) is 5.61. The van der Waals surface area contributed by atoms with Gasteiger partial charge >= 0.3 is 0 Å². The summed E-state index contributed by atoms with van der Waals surface area (Å²) in [6, 6.07) is 12.1. The molecule has 2 aromatic carbocycles. The highest BCUT2D eigenvalue weighted by molar-refractivity contribution is 6.30. The van der Waals surface area contributed by atoms with Gasteiger partial charge in [0.25, 0.3) is 11.6 Å². The summed E-state index contributed by atoms with van der Waals surface area (Å²) in [4.78, 5) is 27.7. The molecule has 0 aliphatic carbocycles. The molecule has 0 bridgehead atoms. The van der Waals surface area contributed by atoms with Gasteiger partial charge in [0.15, 0.2) is 5.76 Å². The molecular formula is C21H20ClN3O5. The van der Waals surface area contributed by atoms with Gasteiger partial charge in [-0.3, -0.25) is 14.9 Å². The van der Waals surface area contributed by atoms with Crippen LogP contribution in [0.25, 0.3) is 11.0 Å². The largest absolute Gasteiger partial charge is 0.451 e. The standard InChI is InChI=1S/C21H20ClN3O5/c1-29-13-16-15-4-2-3-5-19(15)30-20(16)21(26)24-10-8-23(9-11-24)17-7-6-14(22)12-18(17)25(27)28/h2-7,12H,8-11,13H2,1H3. The number of halogens is 1. The summed E-state index contributed by atoms with van der Waals surface area (Å²) in [5, 5.41) is 12.6. The summed E-state index contributed by atoms with van der Waals surface area (Å²) < 4.78 is 11.1. The maximum absolute atomic E-state index is 13.2. The van der Waals surface area contributed by atoms with Crippen LogP contribution in [0.15, 0.2) is 46.9 Å². The van der Waals surface area contributed by atoms with Gasteiger partial charge in [-0.1, -0.05) is 29.8 Å². The van der Waals surface area contributed by atoms with Crippen molar-refractivity contribution in [2.75, 3.05) is 38.2 Å². The average Bonchev–Trinajstić information content (AvgIpc) is 3.12. The van der Waals surface area contributed by atoms with Crippen LogP contribution >= 0.6 is 11.6 Å². The van der Waals surface area contributed by atoms with Crippen LogP contribution in [0.2, 0.25) is 5.02 Å². The molecule has 9 heteroatoms. The lowest BCUT2D eigenvalue weighted by atomic mass is 10.1. The Bertz CT molecular complexity index is 1110. The first-order chi connectivity index (χ1) is 14.5. The third-order valence-electron chi connectivity index (χ3n) is 5.22. The number of nitro benzene ring substituents is 1. The van der Waals surface area contributed by atoms with Crippen molar-refractivity contribution in [3.05, 3.63) is 68.9 Å². The third kappa shape index (κ3) is 3.71. The number of hydrogen-bond donors (Lipinski definition) is 0. The summed E-state index contributed by atoms with van der Waals surface area (Å²) >= 11 is 5.91. The van der Waals surface area contributed by atoms with E-state index in [9.17, 15) is 14.9 Å². The Morgan fingerprint density at radius 1 is 1.20 bits per heavy atom. The number of ether oxygens (including phenoxy) is 1. The number of furan rings is 1. The topological polar surface area (TPSA) is 89.1 Å². The zero-order chi connectivity index (χ0) is 21.3. The second-order valence-corrected chi connectivity index (χ2v) is 7.44. The van der Waals surface area contributed by atoms with E-state index < -0.39 is 4.92 Å². The monoisotopic (exact) mass is 429 g/mol. The van der Waals surface area contributed by atoms with E-state index >= 15 is 0 Å². The molecule has 0 atom stereocenters. The van der Waals surface area contributed by atoms with Crippen LogP contribution in [0.5, 0.6) is 0 Å². The molecule has 3 aromatic rings. The molecule has 1 saturated heterocycles. The minimum absolute atomic E-state index is 0.0399. The number of para-hydroxylation sites is 1. The molecule has 1 aromatic heterocycles. The van der Waals surface area contributed by atoms with Crippen LogP contribution in [0.4, 0.5) is 11.4 Å². The van der Waals surface area contributed by atoms with Gasteiger partial charge in [-0.05, 0) is 18.2 Å². The first kappa shape index (κ1) is 20.2. The highest BCUT2D eigenvalue weighted by Crippen LogP contribution is 2.32. The smallest absolute Gasteiger partial charge is 0.294 e. The van der Waals surface area contributed by atoms with Gasteiger partial charge in [-0.15, -0.1) is 0 Å². The van der Waals surface area contributed by atoms with Gasteiger partial charge in [0, 0.05) is 55.3 Å². The highest BCUT2D eigenvalue weighted by Gasteiger charge is 2.30. The van der Waals surface area contributed by atoms with E-state index in [0.717, 1.165) is 10.9 Å². The van der Waals surface area contributed by atoms with E-state index in [2.05, 4.69) is 0 Å². The molecule has 0 radical (unpaired) electrons. The molecule has 1 aliphatic heterocycles. The van der Waals surface area contributed by atoms with E-state index in [-0.39, 0.29) is 24.0 Å². The number of benzene rings is 2. The molecule has 1 amide bonds. The predicted molar refractivity (Wildman–Crippen MR) is 113 cm³/mol. The van der Waals surface area contributed by atoms with Crippen LogP contribution in [0.3, 0.4) is 0 Å². The second kappa shape index (κ2) is 8.33. The van der Waals surface area contributed by atoms with Crippen LogP contribution < -0.4 is 4.90 Å². The number of amides is 1. The third-order valence-corrected chi connectivity index (χ3v) is 5.46. The molecule has 0 spiro atoms. The average molecular weight is 430 g/mol. The Morgan fingerprint density at radius 2 is 1.93 bits per heavy atom. The molecule has 30 heavy (non-hydrogen) atoms. The highest BCUT2D eigenvalue weighted by atomic mass is 35.5. The maximum atomic E-state index is 13.2. The van der Waals surface area contributed by atoms with Crippen molar-refractivity contribution in [3.63, 3.8) is 0 Å². The summed E-state index contributed by atoms with van der Waals surface area (Å²) in [6.07, 6.45) is 0. The number of anilines is 1. The van der Waals surface area contributed by atoms with Crippen LogP contribution in [-0.2, 0) is 11.3 Å². The van der Waals surface area contributed by atoms with Crippen LogP contribution in [-0.4, -0.2) is 49.0 Å². The quantitative estimate of drug-likeness (QED) is 0.448. The van der Waals surface area contributed by atoms with Crippen LogP contribution in [0, 0.1) is 10.1 Å². The predicted octanol–water partition coefficient (Wildman–Crippen LogP) is 4.10. The molecule has 0 saturated carbocycles. The van der Waals surface area contributed by atoms with E-state index in [1.54, 1.807) is 24.1 Å². The molecule has 0 unspecified atom stereocenters. The fraction of sp³-hybridized carbons (Fsp3) is 0.286. The fourth-order valence-corrected chi connectivity index (χ4v) is 3.93. The van der Waals surface area contributed by atoms with Gasteiger partial charge in [0.05, 0.1) is 11.5 Å². The maximum Gasteiger partial charge on any atom is 0.294 e. The SMILES string of the molecule is COCc1c(C(=O)N2CCN(c3ccc(Cl)cc3[N+](=O)[O-])CC2)oc2ccccc12. The first-order valence-electron chi connectivity index (χ1n) is 9.47. The van der Waals surface area contributed by atoms with Crippen LogP contribution in [0.1, 0.15) is 16.1 Å². The zero-order valence-corrected chi connectivity index (χ0v) is 17.1. The molecule has 1 fully saturated rings. The Morgan fingerprint density at radius 3 is 2.63 bits per heavy atom. The minimum Gasteiger partial charge on any atom is -0.451 e. The summed E-state index contributed by atoms with van der Waals surface area (Å²) in [6.45, 7) is 2.04. The Labute approximate surface area is 177 Å². The van der Waals surface area contributed by atoms with Crippen molar-refractivity contribution >= 4 is 39.9 Å². The summed E-state index contributed by atoms with van der Waals surface area (Å²) in [7, 11) is 1.58. The van der Waals surface area contributed by atoms with E-state index in [0.29, 0.717) is 42.5 Å². The summed E-state index contributed by atoms with van der Waals surface area (Å²) in [5.74, 6) is 0.0764. The van der Waals surface area contributed by atoms with E-state index in [1.165, 1.54) is 6.07 Å². The van der Waals surface area contributed by atoms with Crippen molar-refractivity contribution in [1.82, 2.24) is 4.90 Å². The number of hydrogen-bond acceptors (Lipinski definition) is 6. The van der Waals surface area contributed by atoms with Crippen molar-refractivity contribution in [3.8, 4) is 0 Å². The Balaban J connectivity index is 1.54. The van der Waals surface area contributed by atoms with Crippen molar-refractivity contribution < 1.29 is 18.9 Å². The molecule has 4 rings (SSSR count). The molecule has 2 heterocycles. The number of rotatable bonds is 5. The molecular weight excluding hydrogens is 410 g/mol. The number of methoxy groups -OCH3 is 1. The number of carbonyl (C=O) groups excluding carboxylic acids is 1. The first-order valence-corrected chi connectivity index (χ1v) is 9.85. The van der Waals surface area contributed by atoms with E-state index in [4.69, 9.17) is 20.8 Å². The molecule has 0 N–H and O–H groups in total. The van der Waals surface area contributed by atoms with E-state index in [1.807, 2.05) is 29.2 Å². The van der Waals surface area contributed by atoms with Gasteiger partial charge in [0.1, 0.15) is 11.3 Å². The molecule has 8 nitrogen and oxygen atoms in total. The van der Waals surface area contributed by atoms with Crippen molar-refractivity contribution in [1.29, 1.82) is 0 Å².